The fourth-order valence-corrected chi connectivity index (χ4v) is 2.20. The second kappa shape index (κ2) is 3.62. The Kier molecular flexibility index (Phi) is 2.46. The average Bonchev–Trinajstić information content (AvgIpc) is 2.19. The van der Waals surface area contributed by atoms with E-state index in [1.165, 1.54) is 23.1 Å². The van der Waals surface area contributed by atoms with Gasteiger partial charge in [-0.05, 0) is 48.9 Å². The van der Waals surface area contributed by atoms with Gasteiger partial charge in [-0.25, -0.2) is 0 Å². The van der Waals surface area contributed by atoms with Gasteiger partial charge < -0.3 is 10.5 Å². The van der Waals surface area contributed by atoms with E-state index in [1.807, 2.05) is 0 Å². The Morgan fingerprint density at radius 3 is 2.93 bits per heavy atom. The minimum absolute atomic E-state index is 0.225. The molecule has 0 saturated carbocycles. The van der Waals surface area contributed by atoms with Crippen molar-refractivity contribution in [1.29, 1.82) is 0 Å². The summed E-state index contributed by atoms with van der Waals surface area (Å²) < 4.78 is 5.31. The Hall–Kier alpha value is -1.02. The zero-order valence-electron chi connectivity index (χ0n) is 8.84. The Labute approximate surface area is 85.1 Å². The quantitative estimate of drug-likeness (QED) is 0.739. The van der Waals surface area contributed by atoms with Gasteiger partial charge in [-0.15, -0.1) is 0 Å². The number of fused-ring (bicyclic) bond motifs is 1. The lowest BCUT2D eigenvalue weighted by atomic mass is 9.87. The van der Waals surface area contributed by atoms with Gasteiger partial charge in [0.2, 0.25) is 0 Å². The third-order valence-corrected chi connectivity index (χ3v) is 3.02. The number of hydrogen-bond donors (Lipinski definition) is 1. The SMILES string of the molecule is COc1cc2c(cc1C)[C@@H](N)CCC2. The molecule has 0 bridgehead atoms. The summed E-state index contributed by atoms with van der Waals surface area (Å²) in [5.74, 6) is 0.984. The molecule has 0 aliphatic heterocycles. The first kappa shape index (κ1) is 9.53. The van der Waals surface area contributed by atoms with Crippen molar-refractivity contribution in [1.82, 2.24) is 0 Å². The van der Waals surface area contributed by atoms with Gasteiger partial charge in [0.25, 0.3) is 0 Å². The molecule has 2 N–H and O–H groups in total. The predicted octanol–water partition coefficient (Wildman–Crippen LogP) is 2.34. The van der Waals surface area contributed by atoms with Crippen molar-refractivity contribution in [3.05, 3.63) is 28.8 Å². The van der Waals surface area contributed by atoms with Gasteiger partial charge >= 0.3 is 0 Å². The third-order valence-electron chi connectivity index (χ3n) is 3.02. The number of methoxy groups -OCH3 is 1. The predicted molar refractivity (Wildman–Crippen MR) is 57.6 cm³/mol. The van der Waals surface area contributed by atoms with Gasteiger partial charge in [-0.1, -0.05) is 6.07 Å². The molecular weight excluding hydrogens is 174 g/mol. The Morgan fingerprint density at radius 1 is 1.43 bits per heavy atom. The van der Waals surface area contributed by atoms with Crippen LogP contribution >= 0.6 is 0 Å². The Bertz CT molecular complexity index is 346. The number of ether oxygens (including phenoxy) is 1. The van der Waals surface area contributed by atoms with Crippen molar-refractivity contribution >= 4 is 0 Å². The normalized spacial score (nSPS) is 20.4. The molecule has 0 heterocycles. The summed E-state index contributed by atoms with van der Waals surface area (Å²) in [5.41, 5.74) is 9.93. The summed E-state index contributed by atoms with van der Waals surface area (Å²) in [7, 11) is 1.72. The fraction of sp³-hybridized carbons (Fsp3) is 0.500. The van der Waals surface area contributed by atoms with Crippen LogP contribution in [0.4, 0.5) is 0 Å². The minimum Gasteiger partial charge on any atom is -0.496 e. The van der Waals surface area contributed by atoms with Gasteiger partial charge in [0.05, 0.1) is 7.11 Å². The standard InChI is InChI=1S/C12H17NO/c1-8-6-10-9(7-12(8)14-2)4-3-5-11(10)13/h6-7,11H,3-5,13H2,1-2H3/t11-/m0/s1. The van der Waals surface area contributed by atoms with E-state index >= 15 is 0 Å². The van der Waals surface area contributed by atoms with E-state index in [1.54, 1.807) is 7.11 Å². The van der Waals surface area contributed by atoms with E-state index < -0.39 is 0 Å². The Balaban J connectivity index is 2.48. The first-order valence-corrected chi connectivity index (χ1v) is 5.15. The molecule has 0 saturated heterocycles. The lowest BCUT2D eigenvalue weighted by Crippen LogP contribution is -2.17. The molecule has 1 aliphatic carbocycles. The molecule has 1 aromatic carbocycles. The average molecular weight is 191 g/mol. The van der Waals surface area contributed by atoms with Crippen molar-refractivity contribution in [2.45, 2.75) is 32.2 Å². The van der Waals surface area contributed by atoms with Gasteiger partial charge in [0.1, 0.15) is 5.75 Å². The number of hydrogen-bond acceptors (Lipinski definition) is 2. The van der Waals surface area contributed by atoms with Crippen molar-refractivity contribution in [2.75, 3.05) is 7.11 Å². The molecule has 0 aromatic heterocycles. The summed E-state index contributed by atoms with van der Waals surface area (Å²) >= 11 is 0. The largest absolute Gasteiger partial charge is 0.496 e. The van der Waals surface area contributed by atoms with Crippen LogP contribution in [0.2, 0.25) is 0 Å². The van der Waals surface area contributed by atoms with Crippen LogP contribution < -0.4 is 10.5 Å². The maximum atomic E-state index is 6.07. The Morgan fingerprint density at radius 2 is 2.21 bits per heavy atom. The summed E-state index contributed by atoms with van der Waals surface area (Å²) in [6.07, 6.45) is 3.44. The molecule has 1 aliphatic rings. The van der Waals surface area contributed by atoms with E-state index in [0.717, 1.165) is 18.6 Å². The summed E-state index contributed by atoms with van der Waals surface area (Å²) in [5, 5.41) is 0. The van der Waals surface area contributed by atoms with Crippen LogP contribution in [-0.4, -0.2) is 7.11 Å². The van der Waals surface area contributed by atoms with Crippen LogP contribution in [0.15, 0.2) is 12.1 Å². The maximum absolute atomic E-state index is 6.07. The highest BCUT2D eigenvalue weighted by atomic mass is 16.5. The molecule has 0 radical (unpaired) electrons. The van der Waals surface area contributed by atoms with Crippen LogP contribution in [0.25, 0.3) is 0 Å². The number of nitrogens with two attached hydrogens (primary N) is 1. The molecule has 0 fully saturated rings. The highest BCUT2D eigenvalue weighted by molar-refractivity contribution is 5.44. The maximum Gasteiger partial charge on any atom is 0.122 e. The molecule has 14 heavy (non-hydrogen) atoms. The second-order valence-corrected chi connectivity index (χ2v) is 4.02. The highest BCUT2D eigenvalue weighted by Crippen LogP contribution is 2.32. The second-order valence-electron chi connectivity index (χ2n) is 4.02. The van der Waals surface area contributed by atoms with E-state index in [9.17, 15) is 0 Å². The van der Waals surface area contributed by atoms with E-state index in [-0.39, 0.29) is 6.04 Å². The fourth-order valence-electron chi connectivity index (χ4n) is 2.20. The lowest BCUT2D eigenvalue weighted by molar-refractivity contribution is 0.409. The number of aryl methyl sites for hydroxylation is 2. The molecule has 2 heteroatoms. The molecule has 1 atom stereocenters. The topological polar surface area (TPSA) is 35.2 Å². The summed E-state index contributed by atoms with van der Waals surface area (Å²) in [6.45, 7) is 2.07. The molecule has 1 aromatic rings. The van der Waals surface area contributed by atoms with Crippen LogP contribution in [0.3, 0.4) is 0 Å². The molecule has 2 nitrogen and oxygen atoms in total. The van der Waals surface area contributed by atoms with E-state index in [0.29, 0.717) is 0 Å². The van der Waals surface area contributed by atoms with Gasteiger partial charge in [-0.3, -0.25) is 0 Å². The highest BCUT2D eigenvalue weighted by Gasteiger charge is 2.18. The summed E-state index contributed by atoms with van der Waals surface area (Å²) in [4.78, 5) is 0. The number of rotatable bonds is 1. The van der Waals surface area contributed by atoms with Gasteiger partial charge in [0, 0.05) is 6.04 Å². The monoisotopic (exact) mass is 191 g/mol. The van der Waals surface area contributed by atoms with Crippen LogP contribution in [0, 0.1) is 6.92 Å². The molecule has 0 spiro atoms. The molecule has 2 rings (SSSR count). The molecule has 0 unspecified atom stereocenters. The zero-order chi connectivity index (χ0) is 10.1. The molecule has 76 valence electrons. The van der Waals surface area contributed by atoms with Crippen molar-refractivity contribution in [3.8, 4) is 5.75 Å². The van der Waals surface area contributed by atoms with Crippen LogP contribution in [0.1, 0.15) is 35.6 Å². The smallest absolute Gasteiger partial charge is 0.122 e. The van der Waals surface area contributed by atoms with Crippen LogP contribution in [0.5, 0.6) is 5.75 Å². The number of benzene rings is 1. The van der Waals surface area contributed by atoms with Crippen molar-refractivity contribution < 1.29 is 4.74 Å². The molecule has 0 amide bonds. The van der Waals surface area contributed by atoms with Crippen molar-refractivity contribution in [2.24, 2.45) is 5.73 Å². The van der Waals surface area contributed by atoms with Gasteiger partial charge in [0.15, 0.2) is 0 Å². The minimum atomic E-state index is 0.225. The van der Waals surface area contributed by atoms with E-state index in [2.05, 4.69) is 19.1 Å². The first-order valence-electron chi connectivity index (χ1n) is 5.15. The van der Waals surface area contributed by atoms with Gasteiger partial charge in [-0.2, -0.15) is 0 Å². The zero-order valence-corrected chi connectivity index (χ0v) is 8.84. The van der Waals surface area contributed by atoms with E-state index in [4.69, 9.17) is 10.5 Å². The third kappa shape index (κ3) is 1.50. The van der Waals surface area contributed by atoms with Crippen molar-refractivity contribution in [3.63, 3.8) is 0 Å². The summed E-state index contributed by atoms with van der Waals surface area (Å²) in [6, 6.07) is 4.55. The van der Waals surface area contributed by atoms with Crippen LogP contribution in [-0.2, 0) is 6.42 Å². The lowest BCUT2D eigenvalue weighted by Gasteiger charge is -2.23. The molecular formula is C12H17NO. The first-order chi connectivity index (χ1) is 6.72.